The molecule has 0 saturated carbocycles. The zero-order valence-electron chi connectivity index (χ0n) is 16.1. The Bertz CT molecular complexity index is 948. The van der Waals surface area contributed by atoms with Crippen molar-refractivity contribution in [3.05, 3.63) is 41.3 Å². The van der Waals surface area contributed by atoms with E-state index >= 15 is 0 Å². The average molecular weight is 409 g/mol. The van der Waals surface area contributed by atoms with Gasteiger partial charge in [-0.2, -0.15) is 22.1 Å². The molecule has 152 valence electrons. The highest BCUT2D eigenvalue weighted by Crippen LogP contribution is 2.25. The topological polar surface area (TPSA) is 89.6 Å². The van der Waals surface area contributed by atoms with Crippen LogP contribution in [0.3, 0.4) is 0 Å². The Labute approximate surface area is 164 Å². The van der Waals surface area contributed by atoms with Gasteiger partial charge in [0, 0.05) is 57.1 Å². The molecule has 2 heterocycles. The first kappa shape index (κ1) is 20.4. The molecule has 1 aromatic carbocycles. The Morgan fingerprint density at radius 1 is 1.18 bits per heavy atom. The third-order valence-corrected chi connectivity index (χ3v) is 6.84. The maximum atomic E-state index is 13.2. The molecular formula is C18H24FN5O3S. The van der Waals surface area contributed by atoms with E-state index in [1.54, 1.807) is 17.0 Å². The number of nitrogens with one attached hydrogen (secondary N) is 1. The molecule has 1 aliphatic heterocycles. The van der Waals surface area contributed by atoms with Crippen LogP contribution in [0.25, 0.3) is 11.3 Å². The van der Waals surface area contributed by atoms with Crippen molar-refractivity contribution in [3.63, 3.8) is 0 Å². The summed E-state index contributed by atoms with van der Waals surface area (Å²) in [6.07, 6.45) is 0.148. The lowest BCUT2D eigenvalue weighted by molar-refractivity contribution is -0.131. The summed E-state index contributed by atoms with van der Waals surface area (Å²) >= 11 is 0. The summed E-state index contributed by atoms with van der Waals surface area (Å²) in [6, 6.07) is 5.97. The van der Waals surface area contributed by atoms with Crippen LogP contribution in [0.2, 0.25) is 0 Å². The van der Waals surface area contributed by atoms with Crippen molar-refractivity contribution in [1.29, 1.82) is 0 Å². The molecule has 3 rings (SSSR count). The highest BCUT2D eigenvalue weighted by Gasteiger charge is 2.30. The number of aromatic nitrogens is 2. The zero-order chi connectivity index (χ0) is 20.5. The van der Waals surface area contributed by atoms with Crippen LogP contribution < -0.4 is 0 Å². The van der Waals surface area contributed by atoms with E-state index in [1.165, 1.54) is 34.8 Å². The van der Waals surface area contributed by atoms with E-state index in [0.717, 1.165) is 16.8 Å². The summed E-state index contributed by atoms with van der Waals surface area (Å²) in [6.45, 7) is 3.05. The van der Waals surface area contributed by atoms with E-state index in [4.69, 9.17) is 0 Å². The number of hydrogen-bond donors (Lipinski definition) is 1. The Kier molecular flexibility index (Phi) is 5.82. The third-order valence-electron chi connectivity index (χ3n) is 4.90. The number of carbonyl (C=O) groups excluding carboxylic acids is 1. The molecular weight excluding hydrogens is 385 g/mol. The molecule has 8 nitrogen and oxygen atoms in total. The third kappa shape index (κ3) is 4.08. The second kappa shape index (κ2) is 7.98. The van der Waals surface area contributed by atoms with Crippen LogP contribution in [0, 0.1) is 12.7 Å². The quantitative estimate of drug-likeness (QED) is 0.798. The number of hydrogen-bond acceptors (Lipinski definition) is 4. The van der Waals surface area contributed by atoms with Gasteiger partial charge in [0.1, 0.15) is 5.82 Å². The Morgan fingerprint density at radius 3 is 2.36 bits per heavy atom. The first-order valence-electron chi connectivity index (χ1n) is 8.95. The summed E-state index contributed by atoms with van der Waals surface area (Å²) < 4.78 is 40.1. The smallest absolute Gasteiger partial charge is 0.281 e. The number of carbonyl (C=O) groups is 1. The SMILES string of the molecule is Cc1[nH]nc(-c2ccc(F)cc2)c1CC(=O)N1CCN(S(=O)(=O)N(C)C)CC1. The van der Waals surface area contributed by atoms with Crippen molar-refractivity contribution in [2.24, 2.45) is 0 Å². The van der Waals surface area contributed by atoms with Crippen molar-refractivity contribution in [2.75, 3.05) is 40.3 Å². The number of rotatable bonds is 5. The number of amides is 1. The van der Waals surface area contributed by atoms with E-state index in [1.807, 2.05) is 6.92 Å². The van der Waals surface area contributed by atoms with Gasteiger partial charge in [0.25, 0.3) is 10.2 Å². The first-order chi connectivity index (χ1) is 13.2. The highest BCUT2D eigenvalue weighted by atomic mass is 32.2. The molecule has 1 aromatic heterocycles. The molecule has 1 amide bonds. The molecule has 0 atom stereocenters. The first-order valence-corrected chi connectivity index (χ1v) is 10.3. The number of nitrogens with zero attached hydrogens (tertiary/aromatic N) is 4. The predicted molar refractivity (Wildman–Crippen MR) is 103 cm³/mol. The van der Waals surface area contributed by atoms with E-state index < -0.39 is 10.2 Å². The van der Waals surface area contributed by atoms with Crippen molar-refractivity contribution in [1.82, 2.24) is 23.7 Å². The molecule has 1 saturated heterocycles. The lowest BCUT2D eigenvalue weighted by Crippen LogP contribution is -2.53. The largest absolute Gasteiger partial charge is 0.340 e. The summed E-state index contributed by atoms with van der Waals surface area (Å²) in [5.41, 5.74) is 2.90. The van der Waals surface area contributed by atoms with Crippen LogP contribution in [-0.4, -0.2) is 78.3 Å². The van der Waals surface area contributed by atoms with Gasteiger partial charge in [0.2, 0.25) is 5.91 Å². The highest BCUT2D eigenvalue weighted by molar-refractivity contribution is 7.86. The molecule has 1 aliphatic rings. The van der Waals surface area contributed by atoms with Gasteiger partial charge in [-0.25, -0.2) is 4.39 Å². The van der Waals surface area contributed by atoms with Crippen molar-refractivity contribution >= 4 is 16.1 Å². The van der Waals surface area contributed by atoms with Gasteiger partial charge < -0.3 is 4.90 Å². The molecule has 0 aliphatic carbocycles. The van der Waals surface area contributed by atoms with E-state index in [9.17, 15) is 17.6 Å². The fourth-order valence-corrected chi connectivity index (χ4v) is 4.26. The summed E-state index contributed by atoms with van der Waals surface area (Å²) in [4.78, 5) is 14.5. The maximum Gasteiger partial charge on any atom is 0.281 e. The fraction of sp³-hybridized carbons (Fsp3) is 0.444. The van der Waals surface area contributed by atoms with Crippen LogP contribution >= 0.6 is 0 Å². The molecule has 1 N–H and O–H groups in total. The van der Waals surface area contributed by atoms with E-state index in [2.05, 4.69) is 10.2 Å². The molecule has 1 fully saturated rings. The van der Waals surface area contributed by atoms with Gasteiger partial charge in [0.15, 0.2) is 0 Å². The second-order valence-electron chi connectivity index (χ2n) is 6.93. The van der Waals surface area contributed by atoms with Gasteiger partial charge in [-0.3, -0.25) is 9.89 Å². The van der Waals surface area contributed by atoms with Crippen LogP contribution in [0.1, 0.15) is 11.3 Å². The number of aromatic amines is 1. The average Bonchev–Trinajstić information content (AvgIpc) is 3.03. The number of piperazine rings is 1. The predicted octanol–water partition coefficient (Wildman–Crippen LogP) is 1.02. The number of H-pyrrole nitrogens is 1. The molecule has 0 spiro atoms. The monoisotopic (exact) mass is 409 g/mol. The normalized spacial score (nSPS) is 16.0. The Hall–Kier alpha value is -2.30. The van der Waals surface area contributed by atoms with Crippen LogP contribution in [0.15, 0.2) is 24.3 Å². The second-order valence-corrected chi connectivity index (χ2v) is 9.07. The van der Waals surface area contributed by atoms with Crippen molar-refractivity contribution in [2.45, 2.75) is 13.3 Å². The lowest BCUT2D eigenvalue weighted by Gasteiger charge is -2.35. The minimum absolute atomic E-state index is 0.0882. The molecule has 0 radical (unpaired) electrons. The van der Waals surface area contributed by atoms with Crippen molar-refractivity contribution < 1.29 is 17.6 Å². The summed E-state index contributed by atoms with van der Waals surface area (Å²) in [7, 11) is -0.486. The van der Waals surface area contributed by atoms with Gasteiger partial charge in [-0.1, -0.05) is 0 Å². The standard InChI is InChI=1S/C18H24FN5O3S/c1-13-16(18(21-20-13)14-4-6-15(19)7-5-14)12-17(25)23-8-10-24(11-9-23)28(26,27)22(2)3/h4-7H,8-12H2,1-3H3,(H,20,21). The number of halogens is 1. The number of aryl methyl sites for hydroxylation is 1. The Morgan fingerprint density at radius 2 is 1.79 bits per heavy atom. The summed E-state index contributed by atoms with van der Waals surface area (Å²) in [5, 5.41) is 7.16. The Balaban J connectivity index is 1.70. The molecule has 10 heteroatoms. The fourth-order valence-electron chi connectivity index (χ4n) is 3.18. The van der Waals surface area contributed by atoms with Crippen LogP contribution in [0.5, 0.6) is 0 Å². The van der Waals surface area contributed by atoms with Crippen LogP contribution in [0.4, 0.5) is 4.39 Å². The molecule has 28 heavy (non-hydrogen) atoms. The van der Waals surface area contributed by atoms with E-state index in [0.29, 0.717) is 18.8 Å². The lowest BCUT2D eigenvalue weighted by atomic mass is 10.0. The molecule has 0 bridgehead atoms. The minimum Gasteiger partial charge on any atom is -0.340 e. The van der Waals surface area contributed by atoms with Crippen molar-refractivity contribution in [3.8, 4) is 11.3 Å². The van der Waals surface area contributed by atoms with Gasteiger partial charge in [-0.15, -0.1) is 0 Å². The molecule has 0 unspecified atom stereocenters. The number of benzene rings is 1. The zero-order valence-corrected chi connectivity index (χ0v) is 17.0. The maximum absolute atomic E-state index is 13.2. The van der Waals surface area contributed by atoms with Gasteiger partial charge in [-0.05, 0) is 31.2 Å². The minimum atomic E-state index is -3.47. The van der Waals surface area contributed by atoms with E-state index in [-0.39, 0.29) is 31.2 Å². The summed E-state index contributed by atoms with van der Waals surface area (Å²) in [5.74, 6) is -0.422. The van der Waals surface area contributed by atoms with Gasteiger partial charge in [0.05, 0.1) is 12.1 Å². The molecule has 2 aromatic rings. The van der Waals surface area contributed by atoms with Crippen LogP contribution in [-0.2, 0) is 21.4 Å². The van der Waals surface area contributed by atoms with Gasteiger partial charge >= 0.3 is 0 Å².